The van der Waals surface area contributed by atoms with E-state index in [1.54, 1.807) is 17.0 Å². The maximum Gasteiger partial charge on any atom is 0.227 e. The topological polar surface area (TPSA) is 49.4 Å². The second-order valence-corrected chi connectivity index (χ2v) is 6.57. The van der Waals surface area contributed by atoms with Gasteiger partial charge < -0.3 is 10.2 Å². The molecule has 2 amide bonds. The van der Waals surface area contributed by atoms with E-state index in [4.69, 9.17) is 0 Å². The van der Waals surface area contributed by atoms with Crippen LogP contribution in [0.2, 0.25) is 0 Å². The van der Waals surface area contributed by atoms with Crippen molar-refractivity contribution in [2.24, 2.45) is 11.8 Å². The van der Waals surface area contributed by atoms with Gasteiger partial charge in [0.05, 0.1) is 0 Å². The molecule has 1 aliphatic rings. The van der Waals surface area contributed by atoms with Gasteiger partial charge in [0, 0.05) is 37.0 Å². The lowest BCUT2D eigenvalue weighted by Gasteiger charge is -2.18. The average molecular weight is 334 g/mol. The first-order valence-corrected chi connectivity index (χ1v) is 8.88. The zero-order valence-corrected chi connectivity index (χ0v) is 14.6. The van der Waals surface area contributed by atoms with Crippen molar-refractivity contribution in [3.63, 3.8) is 0 Å². The van der Waals surface area contributed by atoms with Crippen LogP contribution in [0.25, 0.3) is 0 Å². The molecule has 132 valence electrons. The van der Waals surface area contributed by atoms with E-state index in [0.29, 0.717) is 25.2 Å². The van der Waals surface area contributed by atoms with E-state index in [0.717, 1.165) is 25.7 Å². The third-order valence-corrected chi connectivity index (χ3v) is 4.55. The normalized spacial score (nSPS) is 17.6. The Morgan fingerprint density at radius 2 is 1.88 bits per heavy atom. The van der Waals surface area contributed by atoms with Crippen LogP contribution in [0, 0.1) is 17.7 Å². The van der Waals surface area contributed by atoms with E-state index in [1.807, 2.05) is 0 Å². The van der Waals surface area contributed by atoms with Crippen LogP contribution in [-0.2, 0) is 9.59 Å². The highest BCUT2D eigenvalue weighted by atomic mass is 19.1. The molecule has 1 aromatic carbocycles. The summed E-state index contributed by atoms with van der Waals surface area (Å²) in [7, 11) is 0. The molecule has 1 heterocycles. The lowest BCUT2D eigenvalue weighted by molar-refractivity contribution is -0.125. The molecule has 0 radical (unpaired) electrons. The molecule has 2 rings (SSSR count). The molecule has 1 N–H and O–H groups in total. The van der Waals surface area contributed by atoms with Crippen molar-refractivity contribution in [2.75, 3.05) is 18.0 Å². The highest BCUT2D eigenvalue weighted by molar-refractivity contribution is 5.95. The molecule has 0 aromatic heterocycles. The summed E-state index contributed by atoms with van der Waals surface area (Å²) in [6.07, 6.45) is 4.23. The molecule has 1 aliphatic heterocycles. The van der Waals surface area contributed by atoms with Gasteiger partial charge in [0.2, 0.25) is 11.8 Å². The van der Waals surface area contributed by atoms with E-state index in [9.17, 15) is 14.0 Å². The Kier molecular flexibility index (Phi) is 6.76. The minimum atomic E-state index is -0.313. The lowest BCUT2D eigenvalue weighted by atomic mass is 9.97. The van der Waals surface area contributed by atoms with E-state index in [2.05, 4.69) is 19.2 Å². The third-order valence-electron chi connectivity index (χ3n) is 4.55. The van der Waals surface area contributed by atoms with Gasteiger partial charge in [-0.1, -0.05) is 26.7 Å². The number of carbonyl (C=O) groups is 2. The monoisotopic (exact) mass is 334 g/mol. The van der Waals surface area contributed by atoms with Crippen molar-refractivity contribution >= 4 is 17.5 Å². The molecule has 24 heavy (non-hydrogen) atoms. The number of carbonyl (C=O) groups excluding carboxylic acids is 2. The van der Waals surface area contributed by atoms with Crippen molar-refractivity contribution in [1.29, 1.82) is 0 Å². The third kappa shape index (κ3) is 4.79. The number of benzene rings is 1. The lowest BCUT2D eigenvalue weighted by Crippen LogP contribution is -2.35. The van der Waals surface area contributed by atoms with E-state index < -0.39 is 0 Å². The van der Waals surface area contributed by atoms with Crippen LogP contribution in [0.5, 0.6) is 0 Å². The number of rotatable bonds is 8. The second kappa shape index (κ2) is 8.81. The Hall–Kier alpha value is -1.91. The molecule has 0 saturated carbocycles. The fourth-order valence-corrected chi connectivity index (χ4v) is 3.28. The van der Waals surface area contributed by atoms with Crippen LogP contribution < -0.4 is 10.2 Å². The number of hydrogen-bond acceptors (Lipinski definition) is 2. The van der Waals surface area contributed by atoms with Gasteiger partial charge in [-0.25, -0.2) is 4.39 Å². The molecule has 0 bridgehead atoms. The van der Waals surface area contributed by atoms with Crippen molar-refractivity contribution in [1.82, 2.24) is 5.32 Å². The summed E-state index contributed by atoms with van der Waals surface area (Å²) in [5.41, 5.74) is 0.713. The minimum Gasteiger partial charge on any atom is -0.356 e. The fourth-order valence-electron chi connectivity index (χ4n) is 3.28. The molecule has 5 heteroatoms. The molecule has 1 saturated heterocycles. The highest BCUT2D eigenvalue weighted by Crippen LogP contribution is 2.25. The smallest absolute Gasteiger partial charge is 0.227 e. The first-order chi connectivity index (χ1) is 11.5. The Labute approximate surface area is 143 Å². The summed E-state index contributed by atoms with van der Waals surface area (Å²) < 4.78 is 13.0. The number of anilines is 1. The number of hydrogen-bond donors (Lipinski definition) is 1. The molecule has 1 fully saturated rings. The number of halogens is 1. The summed E-state index contributed by atoms with van der Waals surface area (Å²) in [6, 6.07) is 5.95. The molecule has 0 aliphatic carbocycles. The predicted molar refractivity (Wildman–Crippen MR) is 93.2 cm³/mol. The molecule has 1 aromatic rings. The van der Waals surface area contributed by atoms with E-state index >= 15 is 0 Å². The van der Waals surface area contributed by atoms with Crippen LogP contribution in [0.15, 0.2) is 24.3 Å². The van der Waals surface area contributed by atoms with Crippen LogP contribution >= 0.6 is 0 Å². The average Bonchev–Trinajstić information content (AvgIpc) is 2.94. The Bertz CT molecular complexity index is 553. The summed E-state index contributed by atoms with van der Waals surface area (Å²) in [6.45, 7) is 5.27. The van der Waals surface area contributed by atoms with Crippen molar-refractivity contribution in [3.05, 3.63) is 30.1 Å². The molecule has 0 spiro atoms. The largest absolute Gasteiger partial charge is 0.356 e. The standard InChI is InChI=1S/C19H27FN2O2/c1-3-5-15(6-4-2)19(24)21-12-14-11-18(23)22(13-14)17-9-7-16(20)8-10-17/h7-10,14-15H,3-6,11-13H2,1-2H3,(H,21,24). The maximum atomic E-state index is 13.0. The number of amides is 2. The van der Waals surface area contributed by atoms with Gasteiger partial charge in [0.1, 0.15) is 5.82 Å². The Morgan fingerprint density at radius 3 is 2.46 bits per heavy atom. The van der Waals surface area contributed by atoms with E-state index in [-0.39, 0.29) is 29.5 Å². The van der Waals surface area contributed by atoms with E-state index in [1.165, 1.54) is 12.1 Å². The number of nitrogens with zero attached hydrogens (tertiary/aromatic N) is 1. The van der Waals surface area contributed by atoms with Crippen LogP contribution in [0.1, 0.15) is 46.0 Å². The summed E-state index contributed by atoms with van der Waals surface area (Å²) in [4.78, 5) is 26.1. The van der Waals surface area contributed by atoms with Gasteiger partial charge in [0.25, 0.3) is 0 Å². The fraction of sp³-hybridized carbons (Fsp3) is 0.579. The van der Waals surface area contributed by atoms with Gasteiger partial charge in [-0.05, 0) is 37.1 Å². The summed E-state index contributed by atoms with van der Waals surface area (Å²) in [5.74, 6) is -0.00119. The summed E-state index contributed by atoms with van der Waals surface area (Å²) >= 11 is 0. The maximum absolute atomic E-state index is 13.0. The highest BCUT2D eigenvalue weighted by Gasteiger charge is 2.31. The van der Waals surface area contributed by atoms with Gasteiger partial charge in [0.15, 0.2) is 0 Å². The van der Waals surface area contributed by atoms with Crippen LogP contribution in [-0.4, -0.2) is 24.9 Å². The minimum absolute atomic E-state index is 0.0273. The van der Waals surface area contributed by atoms with Gasteiger partial charge in [-0.3, -0.25) is 9.59 Å². The van der Waals surface area contributed by atoms with Gasteiger partial charge >= 0.3 is 0 Å². The summed E-state index contributed by atoms with van der Waals surface area (Å²) in [5, 5.41) is 3.02. The van der Waals surface area contributed by atoms with Crippen LogP contribution in [0.3, 0.4) is 0 Å². The molecule has 4 nitrogen and oxygen atoms in total. The predicted octanol–water partition coefficient (Wildman–Crippen LogP) is 3.51. The quantitative estimate of drug-likeness (QED) is 0.791. The molecular formula is C19H27FN2O2. The Balaban J connectivity index is 1.87. The molecular weight excluding hydrogens is 307 g/mol. The zero-order valence-electron chi connectivity index (χ0n) is 14.6. The van der Waals surface area contributed by atoms with Crippen molar-refractivity contribution < 1.29 is 14.0 Å². The van der Waals surface area contributed by atoms with Crippen LogP contribution in [0.4, 0.5) is 10.1 Å². The Morgan fingerprint density at radius 1 is 1.25 bits per heavy atom. The zero-order chi connectivity index (χ0) is 17.5. The van der Waals surface area contributed by atoms with Crippen molar-refractivity contribution in [3.8, 4) is 0 Å². The first kappa shape index (κ1) is 18.4. The van der Waals surface area contributed by atoms with Crippen molar-refractivity contribution in [2.45, 2.75) is 46.0 Å². The number of nitrogens with one attached hydrogen (secondary N) is 1. The van der Waals surface area contributed by atoms with Gasteiger partial charge in [-0.2, -0.15) is 0 Å². The SMILES string of the molecule is CCCC(CCC)C(=O)NCC1CC(=O)N(c2ccc(F)cc2)C1. The van der Waals surface area contributed by atoms with Gasteiger partial charge in [-0.15, -0.1) is 0 Å². The first-order valence-electron chi connectivity index (χ1n) is 8.88. The molecule has 1 unspecified atom stereocenters. The second-order valence-electron chi connectivity index (χ2n) is 6.57. The molecule has 1 atom stereocenters.